The van der Waals surface area contributed by atoms with Crippen molar-refractivity contribution in [3.05, 3.63) is 65.9 Å². The standard InChI is InChI=1S/C19H20N2O2/c1-13-10-16-11-17(8-9-18(16)20-13)21-19(22)14(2)23-12-15-6-4-3-5-7-15/h3-11,14,20H,12H2,1-2H3,(H,21,22)/t14-/m1/s1. The molecule has 3 aromatic rings. The Morgan fingerprint density at radius 2 is 1.96 bits per heavy atom. The molecular weight excluding hydrogens is 288 g/mol. The second-order valence-electron chi connectivity index (χ2n) is 5.68. The summed E-state index contributed by atoms with van der Waals surface area (Å²) < 4.78 is 5.64. The van der Waals surface area contributed by atoms with Gasteiger partial charge in [-0.3, -0.25) is 4.79 Å². The summed E-state index contributed by atoms with van der Waals surface area (Å²) in [5, 5.41) is 3.98. The van der Waals surface area contributed by atoms with Gasteiger partial charge in [-0.15, -0.1) is 0 Å². The fraction of sp³-hybridized carbons (Fsp3) is 0.211. The molecule has 0 saturated carbocycles. The molecule has 4 nitrogen and oxygen atoms in total. The second-order valence-corrected chi connectivity index (χ2v) is 5.68. The molecule has 1 atom stereocenters. The molecular formula is C19H20N2O2. The van der Waals surface area contributed by atoms with Crippen LogP contribution in [-0.2, 0) is 16.1 Å². The first-order valence-corrected chi connectivity index (χ1v) is 7.67. The van der Waals surface area contributed by atoms with Crippen molar-refractivity contribution in [3.63, 3.8) is 0 Å². The molecule has 4 heteroatoms. The number of aromatic nitrogens is 1. The number of aromatic amines is 1. The molecule has 0 saturated heterocycles. The number of ether oxygens (including phenoxy) is 1. The molecule has 118 valence electrons. The van der Waals surface area contributed by atoms with E-state index in [1.165, 1.54) is 0 Å². The zero-order valence-corrected chi connectivity index (χ0v) is 13.3. The summed E-state index contributed by atoms with van der Waals surface area (Å²) in [6.07, 6.45) is -0.515. The topological polar surface area (TPSA) is 54.1 Å². The fourth-order valence-corrected chi connectivity index (χ4v) is 2.47. The minimum absolute atomic E-state index is 0.146. The minimum atomic E-state index is -0.515. The quantitative estimate of drug-likeness (QED) is 0.748. The molecule has 0 aliphatic rings. The van der Waals surface area contributed by atoms with E-state index in [0.29, 0.717) is 6.61 Å². The van der Waals surface area contributed by atoms with Gasteiger partial charge in [0.05, 0.1) is 6.61 Å². The normalized spacial score (nSPS) is 12.3. The predicted molar refractivity (Wildman–Crippen MR) is 92.4 cm³/mol. The zero-order valence-electron chi connectivity index (χ0n) is 13.3. The van der Waals surface area contributed by atoms with Gasteiger partial charge in [0, 0.05) is 22.3 Å². The fourth-order valence-electron chi connectivity index (χ4n) is 2.47. The molecule has 0 radical (unpaired) electrons. The maximum Gasteiger partial charge on any atom is 0.253 e. The number of anilines is 1. The highest BCUT2D eigenvalue weighted by molar-refractivity contribution is 5.96. The Hall–Kier alpha value is -2.59. The number of amides is 1. The number of hydrogen-bond acceptors (Lipinski definition) is 2. The summed E-state index contributed by atoms with van der Waals surface area (Å²) in [5.41, 5.74) is 3.99. The van der Waals surface area contributed by atoms with Crippen LogP contribution in [0.5, 0.6) is 0 Å². The molecule has 3 rings (SSSR count). The number of benzene rings is 2. The van der Waals surface area contributed by atoms with E-state index in [0.717, 1.165) is 27.8 Å². The maximum atomic E-state index is 12.2. The van der Waals surface area contributed by atoms with Crippen LogP contribution in [0.15, 0.2) is 54.6 Å². The number of hydrogen-bond donors (Lipinski definition) is 2. The highest BCUT2D eigenvalue weighted by atomic mass is 16.5. The first-order chi connectivity index (χ1) is 11.1. The SMILES string of the molecule is Cc1cc2cc(NC(=O)[C@@H](C)OCc3ccccc3)ccc2[nH]1. The van der Waals surface area contributed by atoms with Crippen molar-refractivity contribution in [1.82, 2.24) is 4.98 Å². The summed E-state index contributed by atoms with van der Waals surface area (Å²) in [5.74, 6) is -0.146. The number of carbonyl (C=O) groups is 1. The number of nitrogens with one attached hydrogen (secondary N) is 2. The van der Waals surface area contributed by atoms with E-state index >= 15 is 0 Å². The van der Waals surface area contributed by atoms with Gasteiger partial charge in [-0.25, -0.2) is 0 Å². The van der Waals surface area contributed by atoms with E-state index in [1.807, 2.05) is 55.5 Å². The van der Waals surface area contributed by atoms with Gasteiger partial charge in [0.15, 0.2) is 0 Å². The van der Waals surface area contributed by atoms with Gasteiger partial charge in [0.25, 0.3) is 5.91 Å². The van der Waals surface area contributed by atoms with E-state index in [2.05, 4.69) is 16.4 Å². The zero-order chi connectivity index (χ0) is 16.2. The molecule has 23 heavy (non-hydrogen) atoms. The van der Waals surface area contributed by atoms with Crippen molar-refractivity contribution < 1.29 is 9.53 Å². The van der Waals surface area contributed by atoms with Crippen LogP contribution in [0.25, 0.3) is 10.9 Å². The van der Waals surface area contributed by atoms with Crippen LogP contribution >= 0.6 is 0 Å². The Bertz CT molecular complexity index is 809. The lowest BCUT2D eigenvalue weighted by Gasteiger charge is -2.13. The highest BCUT2D eigenvalue weighted by Gasteiger charge is 2.14. The van der Waals surface area contributed by atoms with E-state index < -0.39 is 6.10 Å². The van der Waals surface area contributed by atoms with Gasteiger partial charge in [-0.1, -0.05) is 30.3 Å². The number of rotatable bonds is 5. The molecule has 0 aliphatic carbocycles. The van der Waals surface area contributed by atoms with Crippen molar-refractivity contribution in [2.45, 2.75) is 26.6 Å². The van der Waals surface area contributed by atoms with Gasteiger partial charge < -0.3 is 15.0 Å². The molecule has 2 aromatic carbocycles. The lowest BCUT2D eigenvalue weighted by Crippen LogP contribution is -2.27. The summed E-state index contributed by atoms with van der Waals surface area (Å²) in [6, 6.07) is 17.7. The van der Waals surface area contributed by atoms with Crippen LogP contribution in [0.3, 0.4) is 0 Å². The largest absolute Gasteiger partial charge is 0.364 e. The van der Waals surface area contributed by atoms with Crippen LogP contribution in [0.2, 0.25) is 0 Å². The van der Waals surface area contributed by atoms with E-state index in [9.17, 15) is 4.79 Å². The van der Waals surface area contributed by atoms with Gasteiger partial charge in [-0.2, -0.15) is 0 Å². The van der Waals surface area contributed by atoms with Crippen LogP contribution in [-0.4, -0.2) is 17.0 Å². The van der Waals surface area contributed by atoms with Crippen molar-refractivity contribution >= 4 is 22.5 Å². The summed E-state index contributed by atoms with van der Waals surface area (Å²) in [7, 11) is 0. The lowest BCUT2D eigenvalue weighted by molar-refractivity contribution is -0.127. The first kappa shape index (κ1) is 15.3. The van der Waals surface area contributed by atoms with E-state index in [4.69, 9.17) is 4.74 Å². The number of carbonyl (C=O) groups excluding carboxylic acids is 1. The number of H-pyrrole nitrogens is 1. The summed E-state index contributed by atoms with van der Waals surface area (Å²) >= 11 is 0. The van der Waals surface area contributed by atoms with Gasteiger partial charge >= 0.3 is 0 Å². The first-order valence-electron chi connectivity index (χ1n) is 7.67. The average Bonchev–Trinajstić information content (AvgIpc) is 2.92. The Morgan fingerprint density at radius 3 is 2.74 bits per heavy atom. The molecule has 0 unspecified atom stereocenters. The van der Waals surface area contributed by atoms with E-state index in [1.54, 1.807) is 6.92 Å². The van der Waals surface area contributed by atoms with Crippen LogP contribution < -0.4 is 5.32 Å². The van der Waals surface area contributed by atoms with E-state index in [-0.39, 0.29) is 5.91 Å². The van der Waals surface area contributed by atoms with Crippen molar-refractivity contribution in [3.8, 4) is 0 Å². The van der Waals surface area contributed by atoms with Crippen molar-refractivity contribution in [2.24, 2.45) is 0 Å². The molecule has 1 heterocycles. The third-order valence-corrected chi connectivity index (χ3v) is 3.74. The number of aryl methyl sites for hydroxylation is 1. The maximum absolute atomic E-state index is 12.2. The van der Waals surface area contributed by atoms with Crippen molar-refractivity contribution in [1.29, 1.82) is 0 Å². The van der Waals surface area contributed by atoms with Gasteiger partial charge in [0.2, 0.25) is 0 Å². The van der Waals surface area contributed by atoms with Crippen LogP contribution in [0, 0.1) is 6.92 Å². The lowest BCUT2D eigenvalue weighted by atomic mass is 10.2. The molecule has 1 amide bonds. The smallest absolute Gasteiger partial charge is 0.253 e. The Balaban J connectivity index is 1.60. The second kappa shape index (κ2) is 6.67. The third kappa shape index (κ3) is 3.79. The van der Waals surface area contributed by atoms with Crippen molar-refractivity contribution in [2.75, 3.05) is 5.32 Å². The Labute approximate surface area is 135 Å². The molecule has 0 bridgehead atoms. The van der Waals surface area contributed by atoms with Crippen LogP contribution in [0.4, 0.5) is 5.69 Å². The third-order valence-electron chi connectivity index (χ3n) is 3.74. The summed E-state index contributed by atoms with van der Waals surface area (Å²) in [4.78, 5) is 15.5. The highest BCUT2D eigenvalue weighted by Crippen LogP contribution is 2.20. The van der Waals surface area contributed by atoms with Gasteiger partial charge in [0.1, 0.15) is 6.10 Å². The predicted octanol–water partition coefficient (Wildman–Crippen LogP) is 4.02. The molecule has 1 aromatic heterocycles. The van der Waals surface area contributed by atoms with Gasteiger partial charge in [-0.05, 0) is 43.7 Å². The number of fused-ring (bicyclic) bond motifs is 1. The monoisotopic (exact) mass is 308 g/mol. The Kier molecular flexibility index (Phi) is 4.44. The molecule has 0 fully saturated rings. The minimum Gasteiger partial charge on any atom is -0.364 e. The van der Waals surface area contributed by atoms with Crippen LogP contribution in [0.1, 0.15) is 18.2 Å². The summed E-state index contributed by atoms with van der Waals surface area (Å²) in [6.45, 7) is 4.19. The molecule has 0 spiro atoms. The molecule has 0 aliphatic heterocycles. The molecule has 2 N–H and O–H groups in total. The Morgan fingerprint density at radius 1 is 1.17 bits per heavy atom. The average molecular weight is 308 g/mol.